The monoisotopic (exact) mass is 250 g/mol. The van der Waals surface area contributed by atoms with Crippen LogP contribution in [0, 0.1) is 6.92 Å². The molecule has 5 heteroatoms. The van der Waals surface area contributed by atoms with Crippen LogP contribution in [-0.2, 0) is 13.1 Å². The minimum absolute atomic E-state index is 0.811. The molecule has 0 aliphatic rings. The summed E-state index contributed by atoms with van der Waals surface area (Å²) in [5, 5.41) is 6.56. The van der Waals surface area contributed by atoms with Crippen LogP contribution in [0.5, 0.6) is 0 Å². The molecule has 1 N–H and O–H groups in total. The van der Waals surface area contributed by atoms with Crippen LogP contribution in [0.1, 0.15) is 29.7 Å². The van der Waals surface area contributed by atoms with Gasteiger partial charge in [0.15, 0.2) is 0 Å². The first-order chi connectivity index (χ1) is 8.28. The molecule has 0 unspecified atom stereocenters. The van der Waals surface area contributed by atoms with E-state index < -0.39 is 0 Å². The third-order valence-electron chi connectivity index (χ3n) is 2.43. The summed E-state index contributed by atoms with van der Waals surface area (Å²) in [6, 6.07) is 0. The fourth-order valence-electron chi connectivity index (χ4n) is 1.65. The van der Waals surface area contributed by atoms with Crippen molar-refractivity contribution < 1.29 is 0 Å². The van der Waals surface area contributed by atoms with Gasteiger partial charge in [0, 0.05) is 18.1 Å². The molecule has 2 aromatic rings. The Balaban J connectivity index is 1.89. The summed E-state index contributed by atoms with van der Waals surface area (Å²) in [6.07, 6.45) is 5.10. The molecule has 4 nitrogen and oxygen atoms in total. The SMILES string of the molecule is CCCNCc1cn(Cc2csc(C)n2)cn1. The van der Waals surface area contributed by atoms with Crippen LogP contribution >= 0.6 is 11.3 Å². The predicted octanol–water partition coefficient (Wildman–Crippen LogP) is 2.20. The maximum atomic E-state index is 4.44. The molecule has 92 valence electrons. The van der Waals surface area contributed by atoms with E-state index in [0.717, 1.165) is 42.5 Å². The minimum Gasteiger partial charge on any atom is -0.331 e. The molecule has 2 heterocycles. The largest absolute Gasteiger partial charge is 0.331 e. The second kappa shape index (κ2) is 5.93. The van der Waals surface area contributed by atoms with Crippen molar-refractivity contribution in [2.45, 2.75) is 33.4 Å². The second-order valence-electron chi connectivity index (χ2n) is 4.07. The fraction of sp³-hybridized carbons (Fsp3) is 0.500. The molecule has 0 aliphatic carbocycles. The third kappa shape index (κ3) is 3.64. The van der Waals surface area contributed by atoms with Crippen molar-refractivity contribution in [3.05, 3.63) is 34.3 Å². The normalized spacial score (nSPS) is 10.9. The summed E-state index contributed by atoms with van der Waals surface area (Å²) >= 11 is 1.69. The molecular weight excluding hydrogens is 232 g/mol. The maximum absolute atomic E-state index is 4.44. The lowest BCUT2D eigenvalue weighted by Gasteiger charge is -1.99. The van der Waals surface area contributed by atoms with Gasteiger partial charge in [0.1, 0.15) is 0 Å². The highest BCUT2D eigenvalue weighted by Crippen LogP contribution is 2.09. The molecular formula is C12H18N4S. The first-order valence-electron chi connectivity index (χ1n) is 5.90. The molecule has 0 fully saturated rings. The van der Waals surface area contributed by atoms with Gasteiger partial charge in [-0.25, -0.2) is 9.97 Å². The van der Waals surface area contributed by atoms with Crippen molar-refractivity contribution in [1.82, 2.24) is 19.9 Å². The van der Waals surface area contributed by atoms with E-state index in [9.17, 15) is 0 Å². The van der Waals surface area contributed by atoms with E-state index in [1.807, 2.05) is 13.3 Å². The third-order valence-corrected chi connectivity index (χ3v) is 3.25. The summed E-state index contributed by atoms with van der Waals surface area (Å²) in [7, 11) is 0. The molecule has 2 aromatic heterocycles. The summed E-state index contributed by atoms with van der Waals surface area (Å²) < 4.78 is 2.08. The molecule has 0 amide bonds. The Morgan fingerprint density at radius 3 is 3.00 bits per heavy atom. The number of nitrogens with one attached hydrogen (secondary N) is 1. The number of hydrogen-bond donors (Lipinski definition) is 1. The van der Waals surface area contributed by atoms with E-state index in [1.54, 1.807) is 11.3 Å². The molecule has 0 bridgehead atoms. The van der Waals surface area contributed by atoms with Crippen LogP contribution in [-0.4, -0.2) is 21.1 Å². The first kappa shape index (κ1) is 12.3. The highest BCUT2D eigenvalue weighted by molar-refractivity contribution is 7.09. The Hall–Kier alpha value is -1.20. The summed E-state index contributed by atoms with van der Waals surface area (Å²) in [5.41, 5.74) is 2.20. The van der Waals surface area contributed by atoms with Crippen molar-refractivity contribution in [3.63, 3.8) is 0 Å². The maximum Gasteiger partial charge on any atom is 0.0953 e. The Morgan fingerprint density at radius 2 is 2.29 bits per heavy atom. The van der Waals surface area contributed by atoms with Crippen molar-refractivity contribution in [3.8, 4) is 0 Å². The molecule has 0 aromatic carbocycles. The van der Waals surface area contributed by atoms with Crippen molar-refractivity contribution in [1.29, 1.82) is 0 Å². The summed E-state index contributed by atoms with van der Waals surface area (Å²) in [6.45, 7) is 6.89. The predicted molar refractivity (Wildman–Crippen MR) is 70.2 cm³/mol. The highest BCUT2D eigenvalue weighted by atomic mass is 32.1. The molecule has 0 atom stereocenters. The van der Waals surface area contributed by atoms with E-state index in [2.05, 4.69) is 38.4 Å². The summed E-state index contributed by atoms with van der Waals surface area (Å²) in [5.74, 6) is 0. The highest BCUT2D eigenvalue weighted by Gasteiger charge is 2.02. The molecule has 0 spiro atoms. The van der Waals surface area contributed by atoms with E-state index in [1.165, 1.54) is 0 Å². The van der Waals surface area contributed by atoms with Gasteiger partial charge in [0.2, 0.25) is 0 Å². The van der Waals surface area contributed by atoms with Gasteiger partial charge < -0.3 is 9.88 Å². The Labute approximate surface area is 106 Å². The number of rotatable bonds is 6. The number of imidazole rings is 1. The lowest BCUT2D eigenvalue weighted by molar-refractivity contribution is 0.665. The van der Waals surface area contributed by atoms with Gasteiger partial charge in [-0.3, -0.25) is 0 Å². The average Bonchev–Trinajstić information content (AvgIpc) is 2.90. The number of thiazole rings is 1. The first-order valence-corrected chi connectivity index (χ1v) is 6.78. The quantitative estimate of drug-likeness (QED) is 0.799. The fourth-order valence-corrected chi connectivity index (χ4v) is 2.25. The smallest absolute Gasteiger partial charge is 0.0953 e. The van der Waals surface area contributed by atoms with Gasteiger partial charge in [-0.1, -0.05) is 6.92 Å². The van der Waals surface area contributed by atoms with Crippen molar-refractivity contribution in [2.75, 3.05) is 6.54 Å². The zero-order valence-electron chi connectivity index (χ0n) is 10.3. The molecule has 0 aliphatic heterocycles. The summed E-state index contributed by atoms with van der Waals surface area (Å²) in [4.78, 5) is 8.81. The van der Waals surface area contributed by atoms with Crippen LogP contribution < -0.4 is 5.32 Å². The van der Waals surface area contributed by atoms with Crippen molar-refractivity contribution >= 4 is 11.3 Å². The van der Waals surface area contributed by atoms with Crippen LogP contribution in [0.25, 0.3) is 0 Å². The Kier molecular flexibility index (Phi) is 4.28. The van der Waals surface area contributed by atoms with Gasteiger partial charge in [-0.05, 0) is 19.9 Å². The lowest BCUT2D eigenvalue weighted by Crippen LogP contribution is -2.13. The number of aryl methyl sites for hydroxylation is 1. The zero-order valence-corrected chi connectivity index (χ0v) is 11.1. The Morgan fingerprint density at radius 1 is 1.41 bits per heavy atom. The molecule has 2 rings (SSSR count). The van der Waals surface area contributed by atoms with Crippen LogP contribution in [0.15, 0.2) is 17.9 Å². The topological polar surface area (TPSA) is 42.7 Å². The zero-order chi connectivity index (χ0) is 12.1. The molecule has 17 heavy (non-hydrogen) atoms. The minimum atomic E-state index is 0.811. The van der Waals surface area contributed by atoms with E-state index in [4.69, 9.17) is 0 Å². The van der Waals surface area contributed by atoms with Gasteiger partial charge in [-0.15, -0.1) is 11.3 Å². The van der Waals surface area contributed by atoms with Gasteiger partial charge in [-0.2, -0.15) is 0 Å². The Bertz CT molecular complexity index is 461. The van der Waals surface area contributed by atoms with Crippen molar-refractivity contribution in [2.24, 2.45) is 0 Å². The van der Waals surface area contributed by atoms with Crippen LogP contribution in [0.2, 0.25) is 0 Å². The van der Waals surface area contributed by atoms with Crippen LogP contribution in [0.3, 0.4) is 0 Å². The molecule has 0 radical (unpaired) electrons. The standard InChI is InChI=1S/C12H18N4S/c1-3-4-13-5-11-6-16(9-14-11)7-12-8-17-10(2)15-12/h6,8-9,13H,3-5,7H2,1-2H3. The number of nitrogens with zero attached hydrogens (tertiary/aromatic N) is 3. The second-order valence-corrected chi connectivity index (χ2v) is 5.13. The van der Waals surface area contributed by atoms with Gasteiger partial charge in [0.25, 0.3) is 0 Å². The number of aromatic nitrogens is 3. The molecule has 0 saturated carbocycles. The van der Waals surface area contributed by atoms with Gasteiger partial charge >= 0.3 is 0 Å². The van der Waals surface area contributed by atoms with E-state index in [0.29, 0.717) is 0 Å². The molecule has 0 saturated heterocycles. The van der Waals surface area contributed by atoms with Crippen LogP contribution in [0.4, 0.5) is 0 Å². The van der Waals surface area contributed by atoms with Gasteiger partial charge in [0.05, 0.1) is 29.3 Å². The van der Waals surface area contributed by atoms with E-state index in [-0.39, 0.29) is 0 Å². The average molecular weight is 250 g/mol. The number of hydrogen-bond acceptors (Lipinski definition) is 4. The van der Waals surface area contributed by atoms with E-state index >= 15 is 0 Å². The lowest BCUT2D eigenvalue weighted by atomic mass is 10.4.